The van der Waals surface area contributed by atoms with Crippen LogP contribution in [0.1, 0.15) is 43.0 Å². The molecule has 1 aromatic rings. The summed E-state index contributed by atoms with van der Waals surface area (Å²) in [5, 5.41) is 7.05. The summed E-state index contributed by atoms with van der Waals surface area (Å²) in [6.07, 6.45) is 5.37. The Morgan fingerprint density at radius 2 is 2.21 bits per heavy atom. The van der Waals surface area contributed by atoms with Gasteiger partial charge in [-0.3, -0.25) is 4.99 Å². The predicted molar refractivity (Wildman–Crippen MR) is 86.2 cm³/mol. The normalized spacial score (nSPS) is 32.9. The SMILES string of the molecule is Cc1ccsc1CN=C1NC2(CCC(C)CC2)CS1. The van der Waals surface area contributed by atoms with Gasteiger partial charge in [0.1, 0.15) is 0 Å². The number of nitrogens with one attached hydrogen (secondary N) is 1. The van der Waals surface area contributed by atoms with Crippen molar-refractivity contribution in [3.8, 4) is 0 Å². The molecule has 19 heavy (non-hydrogen) atoms. The van der Waals surface area contributed by atoms with Crippen molar-refractivity contribution in [3.63, 3.8) is 0 Å². The minimum atomic E-state index is 0.362. The predicted octanol–water partition coefficient (Wildman–Crippen LogP) is 4.20. The Labute approximate surface area is 124 Å². The molecule has 0 unspecified atom stereocenters. The van der Waals surface area contributed by atoms with Gasteiger partial charge in [0.2, 0.25) is 0 Å². The second-order valence-electron chi connectivity index (χ2n) is 6.02. The Bertz CT molecular complexity index is 470. The molecule has 0 bridgehead atoms. The lowest BCUT2D eigenvalue weighted by atomic mass is 9.78. The number of nitrogens with zero attached hydrogens (tertiary/aromatic N) is 1. The third-order valence-corrected chi connectivity index (χ3v) is 6.63. The fraction of sp³-hybridized carbons (Fsp3) is 0.667. The number of hydrogen-bond acceptors (Lipinski definition) is 3. The third-order valence-electron chi connectivity index (χ3n) is 4.42. The lowest BCUT2D eigenvalue weighted by Crippen LogP contribution is -2.46. The van der Waals surface area contributed by atoms with E-state index in [1.165, 1.54) is 47.0 Å². The molecule has 1 saturated carbocycles. The highest BCUT2D eigenvalue weighted by atomic mass is 32.2. The van der Waals surface area contributed by atoms with Crippen molar-refractivity contribution >= 4 is 28.3 Å². The molecule has 1 aliphatic heterocycles. The number of thiophene rings is 1. The zero-order valence-electron chi connectivity index (χ0n) is 11.7. The molecule has 2 fully saturated rings. The van der Waals surface area contributed by atoms with Crippen LogP contribution in [0.2, 0.25) is 0 Å². The van der Waals surface area contributed by atoms with Gasteiger partial charge in [0.15, 0.2) is 5.17 Å². The molecule has 1 aliphatic carbocycles. The number of amidine groups is 1. The molecule has 1 saturated heterocycles. The summed E-state index contributed by atoms with van der Waals surface area (Å²) in [5.41, 5.74) is 1.74. The second-order valence-corrected chi connectivity index (χ2v) is 7.99. The van der Waals surface area contributed by atoms with Gasteiger partial charge in [-0.25, -0.2) is 0 Å². The quantitative estimate of drug-likeness (QED) is 0.884. The molecular formula is C15H22N2S2. The molecule has 2 nitrogen and oxygen atoms in total. The first-order valence-electron chi connectivity index (χ1n) is 7.15. The summed E-state index contributed by atoms with van der Waals surface area (Å²) >= 11 is 3.74. The van der Waals surface area contributed by atoms with E-state index in [0.717, 1.165) is 12.5 Å². The summed E-state index contributed by atoms with van der Waals surface area (Å²) in [5.74, 6) is 2.12. The van der Waals surface area contributed by atoms with Crippen LogP contribution in [0.25, 0.3) is 0 Å². The van der Waals surface area contributed by atoms with E-state index in [2.05, 4.69) is 30.6 Å². The van der Waals surface area contributed by atoms with Gasteiger partial charge in [-0.15, -0.1) is 11.3 Å². The molecule has 1 N–H and O–H groups in total. The first-order chi connectivity index (χ1) is 9.17. The molecule has 0 atom stereocenters. The van der Waals surface area contributed by atoms with E-state index in [9.17, 15) is 0 Å². The van der Waals surface area contributed by atoms with E-state index in [4.69, 9.17) is 4.99 Å². The van der Waals surface area contributed by atoms with Crippen molar-refractivity contribution in [1.29, 1.82) is 0 Å². The first-order valence-corrected chi connectivity index (χ1v) is 9.02. The van der Waals surface area contributed by atoms with Gasteiger partial charge in [-0.2, -0.15) is 0 Å². The van der Waals surface area contributed by atoms with Gasteiger partial charge in [0.25, 0.3) is 0 Å². The van der Waals surface area contributed by atoms with E-state index in [1.54, 1.807) is 0 Å². The molecule has 2 heterocycles. The van der Waals surface area contributed by atoms with Crippen molar-refractivity contribution < 1.29 is 0 Å². The van der Waals surface area contributed by atoms with Crippen LogP contribution in [0, 0.1) is 12.8 Å². The molecular weight excluding hydrogens is 272 g/mol. The molecule has 0 amide bonds. The molecule has 0 aromatic carbocycles. The molecule has 1 spiro atoms. The van der Waals surface area contributed by atoms with Gasteiger partial charge in [0, 0.05) is 16.2 Å². The smallest absolute Gasteiger partial charge is 0.157 e. The second kappa shape index (κ2) is 5.49. The third kappa shape index (κ3) is 3.00. The average Bonchev–Trinajstić information content (AvgIpc) is 2.99. The van der Waals surface area contributed by atoms with Crippen LogP contribution < -0.4 is 5.32 Å². The van der Waals surface area contributed by atoms with Crippen LogP contribution in [-0.2, 0) is 6.54 Å². The van der Waals surface area contributed by atoms with Crippen LogP contribution in [-0.4, -0.2) is 16.5 Å². The van der Waals surface area contributed by atoms with Crippen LogP contribution >= 0.6 is 23.1 Å². The number of aliphatic imine (C=N–C) groups is 1. The minimum absolute atomic E-state index is 0.362. The van der Waals surface area contributed by atoms with Crippen LogP contribution in [0.15, 0.2) is 16.4 Å². The average molecular weight is 294 g/mol. The summed E-state index contributed by atoms with van der Waals surface area (Å²) in [7, 11) is 0. The van der Waals surface area contributed by atoms with Gasteiger partial charge in [0.05, 0.1) is 6.54 Å². The zero-order valence-corrected chi connectivity index (χ0v) is 13.4. The van der Waals surface area contributed by atoms with E-state index < -0.39 is 0 Å². The largest absolute Gasteiger partial charge is 0.359 e. The number of thioether (sulfide) groups is 1. The summed E-state index contributed by atoms with van der Waals surface area (Å²) in [6, 6.07) is 2.18. The maximum absolute atomic E-state index is 4.77. The zero-order chi connectivity index (χ0) is 13.3. The van der Waals surface area contributed by atoms with Gasteiger partial charge < -0.3 is 5.32 Å². The molecule has 0 radical (unpaired) electrons. The van der Waals surface area contributed by atoms with Crippen molar-refractivity contribution in [2.24, 2.45) is 10.9 Å². The Morgan fingerprint density at radius 1 is 1.42 bits per heavy atom. The van der Waals surface area contributed by atoms with Crippen molar-refractivity contribution in [2.75, 3.05) is 5.75 Å². The Balaban J connectivity index is 1.61. The van der Waals surface area contributed by atoms with Gasteiger partial charge in [-0.1, -0.05) is 18.7 Å². The van der Waals surface area contributed by atoms with Crippen LogP contribution in [0.5, 0.6) is 0 Å². The minimum Gasteiger partial charge on any atom is -0.359 e. The lowest BCUT2D eigenvalue weighted by Gasteiger charge is -2.35. The van der Waals surface area contributed by atoms with Crippen LogP contribution in [0.3, 0.4) is 0 Å². The molecule has 104 valence electrons. The fourth-order valence-corrected chi connectivity index (χ4v) is 4.93. The molecule has 2 aliphatic rings. The van der Waals surface area contributed by atoms with Crippen LogP contribution in [0.4, 0.5) is 0 Å². The lowest BCUT2D eigenvalue weighted by molar-refractivity contribution is 0.251. The van der Waals surface area contributed by atoms with Gasteiger partial charge >= 0.3 is 0 Å². The van der Waals surface area contributed by atoms with E-state index in [-0.39, 0.29) is 0 Å². The summed E-state index contributed by atoms with van der Waals surface area (Å²) in [4.78, 5) is 6.17. The maximum atomic E-state index is 4.77. The highest BCUT2D eigenvalue weighted by molar-refractivity contribution is 8.14. The molecule has 4 heteroatoms. The monoisotopic (exact) mass is 294 g/mol. The fourth-order valence-electron chi connectivity index (χ4n) is 2.88. The first kappa shape index (κ1) is 13.5. The Morgan fingerprint density at radius 3 is 2.89 bits per heavy atom. The summed E-state index contributed by atoms with van der Waals surface area (Å²) in [6.45, 7) is 5.39. The van der Waals surface area contributed by atoms with Gasteiger partial charge in [-0.05, 0) is 55.5 Å². The highest BCUT2D eigenvalue weighted by Crippen LogP contribution is 2.38. The van der Waals surface area contributed by atoms with Crippen molar-refractivity contribution in [1.82, 2.24) is 5.32 Å². The van der Waals surface area contributed by atoms with Crippen molar-refractivity contribution in [2.45, 2.75) is 51.6 Å². The van der Waals surface area contributed by atoms with E-state index in [1.807, 2.05) is 23.1 Å². The standard InChI is InChI=1S/C15H22N2S2/c1-11-3-6-15(7-4-11)10-19-14(17-15)16-9-13-12(2)5-8-18-13/h5,8,11H,3-4,6-7,9-10H2,1-2H3,(H,16,17). The highest BCUT2D eigenvalue weighted by Gasteiger charge is 2.39. The molecule has 1 aromatic heterocycles. The molecule has 3 rings (SSSR count). The van der Waals surface area contributed by atoms with E-state index >= 15 is 0 Å². The number of rotatable bonds is 2. The van der Waals surface area contributed by atoms with E-state index in [0.29, 0.717) is 5.54 Å². The maximum Gasteiger partial charge on any atom is 0.157 e. The number of aryl methyl sites for hydroxylation is 1. The number of hydrogen-bond donors (Lipinski definition) is 1. The van der Waals surface area contributed by atoms with Crippen molar-refractivity contribution in [3.05, 3.63) is 21.9 Å². The topological polar surface area (TPSA) is 24.4 Å². The Hall–Kier alpha value is -0.480. The summed E-state index contributed by atoms with van der Waals surface area (Å²) < 4.78 is 0. The Kier molecular flexibility index (Phi) is 3.90.